The lowest BCUT2D eigenvalue weighted by molar-refractivity contribution is 0.0955. The number of aryl methyl sites for hydroxylation is 2. The Bertz CT molecular complexity index is 614. The van der Waals surface area contributed by atoms with Crippen LogP contribution in [0.4, 0.5) is 0 Å². The van der Waals surface area contributed by atoms with Gasteiger partial charge in [0.05, 0.1) is 14.4 Å². The number of amides is 1. The quantitative estimate of drug-likeness (QED) is 0.846. The zero-order chi connectivity index (χ0) is 14.2. The van der Waals surface area contributed by atoms with E-state index in [1.54, 1.807) is 0 Å². The van der Waals surface area contributed by atoms with Crippen molar-refractivity contribution < 1.29 is 4.79 Å². The fourth-order valence-electron chi connectivity index (χ4n) is 1.79. The second-order valence-corrected chi connectivity index (χ2v) is 7.41. The Kier molecular flexibility index (Phi) is 4.47. The van der Waals surface area contributed by atoms with E-state index in [0.717, 1.165) is 25.2 Å². The number of rotatable bonds is 3. The average Bonchev–Trinajstić information content (AvgIpc) is 2.80. The Balaban J connectivity index is 2.08. The van der Waals surface area contributed by atoms with Crippen molar-refractivity contribution in [1.82, 2.24) is 15.1 Å². The summed E-state index contributed by atoms with van der Waals surface area (Å²) in [6, 6.07) is 1.81. The van der Waals surface area contributed by atoms with E-state index in [4.69, 9.17) is 0 Å². The Morgan fingerprint density at radius 1 is 1.47 bits per heavy atom. The lowest BCUT2D eigenvalue weighted by Gasteiger charge is -2.04. The van der Waals surface area contributed by atoms with E-state index in [1.165, 1.54) is 11.3 Å². The number of nitrogens with zero attached hydrogens (tertiary/aromatic N) is 2. The maximum atomic E-state index is 12.0. The van der Waals surface area contributed by atoms with E-state index >= 15 is 0 Å². The van der Waals surface area contributed by atoms with Crippen molar-refractivity contribution in [3.8, 4) is 0 Å². The van der Waals surface area contributed by atoms with E-state index in [2.05, 4.69) is 42.3 Å². The third-order valence-electron chi connectivity index (χ3n) is 2.95. The second-order valence-electron chi connectivity index (χ2n) is 4.19. The SMILES string of the molecule is Cc1nn(C)c(C)c1CNC(=O)c1cc(Br)c(Br)s1. The predicted molar refractivity (Wildman–Crippen MR) is 83.6 cm³/mol. The number of aromatic nitrogens is 2. The van der Waals surface area contributed by atoms with Crippen LogP contribution in [-0.2, 0) is 13.6 Å². The van der Waals surface area contributed by atoms with Crippen molar-refractivity contribution >= 4 is 49.1 Å². The molecule has 2 rings (SSSR count). The fraction of sp³-hybridized carbons (Fsp3) is 0.333. The molecule has 2 heterocycles. The molecule has 7 heteroatoms. The maximum absolute atomic E-state index is 12.0. The molecule has 0 aliphatic carbocycles. The summed E-state index contributed by atoms with van der Waals surface area (Å²) < 4.78 is 3.65. The summed E-state index contributed by atoms with van der Waals surface area (Å²) >= 11 is 8.17. The van der Waals surface area contributed by atoms with E-state index in [1.807, 2.05) is 31.6 Å². The summed E-state index contributed by atoms with van der Waals surface area (Å²) in [6.07, 6.45) is 0. The smallest absolute Gasteiger partial charge is 0.261 e. The lowest BCUT2D eigenvalue weighted by atomic mass is 10.2. The highest BCUT2D eigenvalue weighted by atomic mass is 79.9. The Hall–Kier alpha value is -0.660. The topological polar surface area (TPSA) is 46.9 Å². The normalized spacial score (nSPS) is 10.8. The highest BCUT2D eigenvalue weighted by molar-refractivity contribution is 9.13. The molecule has 0 unspecified atom stereocenters. The lowest BCUT2D eigenvalue weighted by Crippen LogP contribution is -2.22. The number of hydrogen-bond acceptors (Lipinski definition) is 3. The highest BCUT2D eigenvalue weighted by Gasteiger charge is 2.14. The number of halogens is 2. The van der Waals surface area contributed by atoms with Crippen LogP contribution in [0, 0.1) is 13.8 Å². The van der Waals surface area contributed by atoms with Crippen LogP contribution in [0.3, 0.4) is 0 Å². The molecule has 1 N–H and O–H groups in total. The van der Waals surface area contributed by atoms with Gasteiger partial charge in [0.1, 0.15) is 0 Å². The molecular formula is C12H13Br2N3OS. The minimum atomic E-state index is -0.0703. The number of thiophene rings is 1. The minimum absolute atomic E-state index is 0.0703. The molecule has 0 saturated carbocycles. The van der Waals surface area contributed by atoms with Crippen LogP contribution >= 0.6 is 43.2 Å². The fourth-order valence-corrected chi connectivity index (χ4v) is 3.74. The van der Waals surface area contributed by atoms with Gasteiger partial charge in [-0.2, -0.15) is 5.10 Å². The van der Waals surface area contributed by atoms with Gasteiger partial charge in [0.2, 0.25) is 0 Å². The predicted octanol–water partition coefficient (Wildman–Crippen LogP) is 3.55. The van der Waals surface area contributed by atoms with Gasteiger partial charge in [0, 0.05) is 29.3 Å². The molecule has 0 aromatic carbocycles. The van der Waals surface area contributed by atoms with Gasteiger partial charge < -0.3 is 5.32 Å². The van der Waals surface area contributed by atoms with Gasteiger partial charge in [-0.1, -0.05) is 0 Å². The Morgan fingerprint density at radius 2 is 2.16 bits per heavy atom. The van der Waals surface area contributed by atoms with Crippen LogP contribution in [0.1, 0.15) is 26.6 Å². The number of carbonyl (C=O) groups is 1. The summed E-state index contributed by atoms with van der Waals surface area (Å²) in [6.45, 7) is 4.45. The number of carbonyl (C=O) groups excluding carboxylic acids is 1. The largest absolute Gasteiger partial charge is 0.347 e. The van der Waals surface area contributed by atoms with Gasteiger partial charge >= 0.3 is 0 Å². The van der Waals surface area contributed by atoms with Gasteiger partial charge in [-0.3, -0.25) is 9.48 Å². The van der Waals surface area contributed by atoms with E-state index < -0.39 is 0 Å². The molecule has 102 valence electrons. The molecular weight excluding hydrogens is 394 g/mol. The minimum Gasteiger partial charge on any atom is -0.347 e. The molecule has 0 saturated heterocycles. The maximum Gasteiger partial charge on any atom is 0.261 e. The van der Waals surface area contributed by atoms with Crippen LogP contribution < -0.4 is 5.32 Å². The van der Waals surface area contributed by atoms with Crippen LogP contribution in [0.5, 0.6) is 0 Å². The third-order valence-corrected chi connectivity index (χ3v) is 6.21. The molecule has 0 radical (unpaired) electrons. The highest BCUT2D eigenvalue weighted by Crippen LogP contribution is 2.32. The van der Waals surface area contributed by atoms with E-state index in [9.17, 15) is 4.79 Å². The molecule has 2 aromatic heterocycles. The van der Waals surface area contributed by atoms with Crippen LogP contribution in [0.15, 0.2) is 14.3 Å². The number of hydrogen-bond donors (Lipinski definition) is 1. The summed E-state index contributed by atoms with van der Waals surface area (Å²) in [5, 5.41) is 7.26. The zero-order valence-corrected chi connectivity index (χ0v) is 14.7. The molecule has 0 atom stereocenters. The van der Waals surface area contributed by atoms with Gasteiger partial charge in [0.25, 0.3) is 5.91 Å². The Labute approximate surface area is 132 Å². The van der Waals surface area contributed by atoms with Crippen LogP contribution in [0.2, 0.25) is 0 Å². The van der Waals surface area contributed by atoms with E-state index in [-0.39, 0.29) is 5.91 Å². The first kappa shape index (κ1) is 14.7. The van der Waals surface area contributed by atoms with Crippen LogP contribution in [0.25, 0.3) is 0 Å². The zero-order valence-electron chi connectivity index (χ0n) is 10.8. The summed E-state index contributed by atoms with van der Waals surface area (Å²) in [4.78, 5) is 12.7. The second kappa shape index (κ2) is 5.76. The van der Waals surface area contributed by atoms with Gasteiger partial charge in [0.15, 0.2) is 0 Å². The molecule has 0 bridgehead atoms. The van der Waals surface area contributed by atoms with Crippen LogP contribution in [-0.4, -0.2) is 15.7 Å². The molecule has 19 heavy (non-hydrogen) atoms. The van der Waals surface area contributed by atoms with Crippen molar-refractivity contribution in [2.75, 3.05) is 0 Å². The molecule has 0 spiro atoms. The number of nitrogens with one attached hydrogen (secondary N) is 1. The van der Waals surface area contributed by atoms with E-state index in [0.29, 0.717) is 11.4 Å². The Morgan fingerprint density at radius 3 is 2.63 bits per heavy atom. The first-order valence-electron chi connectivity index (χ1n) is 5.62. The molecule has 0 fully saturated rings. The van der Waals surface area contributed by atoms with Gasteiger partial charge in [-0.05, 0) is 51.8 Å². The third kappa shape index (κ3) is 3.09. The van der Waals surface area contributed by atoms with Crippen molar-refractivity contribution in [1.29, 1.82) is 0 Å². The standard InChI is InChI=1S/C12H13Br2N3OS/c1-6-8(7(2)17(3)16-6)5-15-12(18)10-4-9(13)11(14)19-10/h4H,5H2,1-3H3,(H,15,18). The van der Waals surface area contributed by atoms with Crippen molar-refractivity contribution in [3.05, 3.63) is 36.2 Å². The molecule has 0 aliphatic heterocycles. The first-order valence-corrected chi connectivity index (χ1v) is 8.02. The molecule has 4 nitrogen and oxygen atoms in total. The summed E-state index contributed by atoms with van der Waals surface area (Å²) in [5.41, 5.74) is 3.10. The van der Waals surface area contributed by atoms with Crippen molar-refractivity contribution in [2.24, 2.45) is 7.05 Å². The first-order chi connectivity index (χ1) is 8.90. The molecule has 1 amide bonds. The van der Waals surface area contributed by atoms with Crippen molar-refractivity contribution in [3.63, 3.8) is 0 Å². The van der Waals surface area contributed by atoms with Gasteiger partial charge in [-0.15, -0.1) is 11.3 Å². The molecule has 0 aliphatic rings. The monoisotopic (exact) mass is 405 g/mol. The van der Waals surface area contributed by atoms with Gasteiger partial charge in [-0.25, -0.2) is 0 Å². The van der Waals surface area contributed by atoms with Crippen molar-refractivity contribution in [2.45, 2.75) is 20.4 Å². The average molecular weight is 407 g/mol. The molecule has 2 aromatic rings. The summed E-state index contributed by atoms with van der Waals surface area (Å²) in [5.74, 6) is -0.0703. The summed E-state index contributed by atoms with van der Waals surface area (Å²) in [7, 11) is 1.90.